The van der Waals surface area contributed by atoms with Crippen molar-refractivity contribution in [2.24, 2.45) is 7.05 Å². The van der Waals surface area contributed by atoms with E-state index in [1.54, 1.807) is 29.9 Å². The highest BCUT2D eigenvalue weighted by Gasteiger charge is 2.10. The molecule has 0 fully saturated rings. The largest absolute Gasteiger partial charge is 0.465 e. The highest BCUT2D eigenvalue weighted by atomic mass is 35.5. The van der Waals surface area contributed by atoms with Crippen LogP contribution >= 0.6 is 11.6 Å². The lowest BCUT2D eigenvalue weighted by Gasteiger charge is -1.98. The van der Waals surface area contributed by atoms with Crippen LogP contribution < -0.4 is 0 Å². The number of methoxy groups -OCH3 is 1. The number of esters is 1. The zero-order valence-electron chi connectivity index (χ0n) is 8.32. The van der Waals surface area contributed by atoms with Crippen LogP contribution in [0.25, 0.3) is 10.9 Å². The normalized spacial score (nSPS) is 10.6. The van der Waals surface area contributed by atoms with Gasteiger partial charge in [-0.3, -0.25) is 4.68 Å². The first-order valence-corrected chi connectivity index (χ1v) is 4.72. The standard InChI is InChI=1S/C10H9ClN2O2/c1-13-9(11)7-5-6(10(14)15-2)3-4-8(7)12-13/h3-5H,1-2H3. The van der Waals surface area contributed by atoms with Crippen LogP contribution in [0.4, 0.5) is 0 Å². The number of rotatable bonds is 1. The molecule has 0 atom stereocenters. The van der Waals surface area contributed by atoms with Crippen molar-refractivity contribution in [3.8, 4) is 0 Å². The first-order chi connectivity index (χ1) is 7.13. The number of aryl methyl sites for hydroxylation is 1. The van der Waals surface area contributed by atoms with Crippen LogP contribution in [0.1, 0.15) is 10.4 Å². The molecular weight excluding hydrogens is 216 g/mol. The Morgan fingerprint density at radius 2 is 2.27 bits per heavy atom. The molecule has 0 aliphatic heterocycles. The maximum atomic E-state index is 11.3. The molecule has 0 spiro atoms. The molecule has 0 amide bonds. The van der Waals surface area contributed by atoms with E-state index in [4.69, 9.17) is 11.6 Å². The maximum absolute atomic E-state index is 11.3. The SMILES string of the molecule is COC(=O)c1ccc2nn(C)c(Cl)c2c1. The molecule has 15 heavy (non-hydrogen) atoms. The van der Waals surface area contributed by atoms with E-state index >= 15 is 0 Å². The second kappa shape index (κ2) is 3.55. The molecule has 1 heterocycles. The highest BCUT2D eigenvalue weighted by Crippen LogP contribution is 2.23. The van der Waals surface area contributed by atoms with Crippen LogP contribution in [-0.2, 0) is 11.8 Å². The monoisotopic (exact) mass is 224 g/mol. The minimum atomic E-state index is -0.378. The van der Waals surface area contributed by atoms with E-state index in [1.807, 2.05) is 0 Å². The van der Waals surface area contributed by atoms with Gasteiger partial charge in [-0.05, 0) is 18.2 Å². The fraction of sp³-hybridized carbons (Fsp3) is 0.200. The molecule has 4 nitrogen and oxygen atoms in total. The topological polar surface area (TPSA) is 44.1 Å². The summed E-state index contributed by atoms with van der Waals surface area (Å²) in [6, 6.07) is 5.08. The van der Waals surface area contributed by atoms with Crippen LogP contribution in [0.5, 0.6) is 0 Å². The molecule has 2 aromatic rings. The summed E-state index contributed by atoms with van der Waals surface area (Å²) in [5, 5.41) is 5.43. The highest BCUT2D eigenvalue weighted by molar-refractivity contribution is 6.34. The number of aromatic nitrogens is 2. The number of fused-ring (bicyclic) bond motifs is 1. The number of hydrogen-bond donors (Lipinski definition) is 0. The van der Waals surface area contributed by atoms with Gasteiger partial charge in [-0.2, -0.15) is 5.10 Å². The number of nitrogens with zero attached hydrogens (tertiary/aromatic N) is 2. The van der Waals surface area contributed by atoms with Crippen molar-refractivity contribution in [3.63, 3.8) is 0 Å². The van der Waals surface area contributed by atoms with E-state index in [0.717, 1.165) is 10.9 Å². The second-order valence-corrected chi connectivity index (χ2v) is 3.50. The molecule has 78 valence electrons. The van der Waals surface area contributed by atoms with E-state index in [-0.39, 0.29) is 5.97 Å². The van der Waals surface area contributed by atoms with Crippen molar-refractivity contribution in [1.29, 1.82) is 0 Å². The van der Waals surface area contributed by atoms with E-state index in [1.165, 1.54) is 7.11 Å². The number of ether oxygens (including phenoxy) is 1. The molecule has 0 radical (unpaired) electrons. The summed E-state index contributed by atoms with van der Waals surface area (Å²) in [5.41, 5.74) is 1.23. The van der Waals surface area contributed by atoms with Crippen molar-refractivity contribution in [2.75, 3.05) is 7.11 Å². The number of halogens is 1. The van der Waals surface area contributed by atoms with Gasteiger partial charge in [0.2, 0.25) is 0 Å². The van der Waals surface area contributed by atoms with E-state index < -0.39 is 0 Å². The fourth-order valence-corrected chi connectivity index (χ4v) is 1.60. The Morgan fingerprint density at radius 1 is 1.53 bits per heavy atom. The predicted octanol–water partition coefficient (Wildman–Crippen LogP) is 2.01. The molecular formula is C10H9ClN2O2. The van der Waals surface area contributed by atoms with Crippen molar-refractivity contribution >= 4 is 28.5 Å². The third kappa shape index (κ3) is 1.57. The summed E-state index contributed by atoms with van der Waals surface area (Å²) >= 11 is 6.01. The lowest BCUT2D eigenvalue weighted by molar-refractivity contribution is 0.0601. The molecule has 5 heteroatoms. The van der Waals surface area contributed by atoms with Gasteiger partial charge in [0.1, 0.15) is 5.15 Å². The van der Waals surface area contributed by atoms with Gasteiger partial charge in [0.15, 0.2) is 0 Å². The Labute approximate surface area is 91.4 Å². The van der Waals surface area contributed by atoms with E-state index in [2.05, 4.69) is 9.84 Å². The van der Waals surface area contributed by atoms with E-state index in [9.17, 15) is 4.79 Å². The Hall–Kier alpha value is -1.55. The third-order valence-corrected chi connectivity index (χ3v) is 2.63. The lowest BCUT2D eigenvalue weighted by Crippen LogP contribution is -2.00. The van der Waals surface area contributed by atoms with Crippen LogP contribution in [0, 0.1) is 0 Å². The van der Waals surface area contributed by atoms with Gasteiger partial charge in [0.05, 0.1) is 18.2 Å². The smallest absolute Gasteiger partial charge is 0.337 e. The third-order valence-electron chi connectivity index (χ3n) is 2.18. The van der Waals surface area contributed by atoms with E-state index in [0.29, 0.717) is 10.7 Å². The minimum absolute atomic E-state index is 0.378. The van der Waals surface area contributed by atoms with Crippen molar-refractivity contribution in [3.05, 3.63) is 28.9 Å². The molecule has 1 aromatic heterocycles. The van der Waals surface area contributed by atoms with Gasteiger partial charge < -0.3 is 4.74 Å². The summed E-state index contributed by atoms with van der Waals surface area (Å²) in [7, 11) is 3.09. The molecule has 0 saturated carbocycles. The molecule has 2 rings (SSSR count). The van der Waals surface area contributed by atoms with Crippen LogP contribution in [-0.4, -0.2) is 22.9 Å². The van der Waals surface area contributed by atoms with Gasteiger partial charge >= 0.3 is 5.97 Å². The fourth-order valence-electron chi connectivity index (χ4n) is 1.41. The minimum Gasteiger partial charge on any atom is -0.465 e. The summed E-state index contributed by atoms with van der Waals surface area (Å²) in [5.74, 6) is -0.378. The number of benzene rings is 1. The number of carbonyl (C=O) groups excluding carboxylic acids is 1. The molecule has 0 saturated heterocycles. The first-order valence-electron chi connectivity index (χ1n) is 4.34. The average Bonchev–Trinajstić information content (AvgIpc) is 2.54. The van der Waals surface area contributed by atoms with Crippen molar-refractivity contribution < 1.29 is 9.53 Å². The lowest BCUT2D eigenvalue weighted by atomic mass is 10.1. The molecule has 0 bridgehead atoms. The summed E-state index contributed by atoms with van der Waals surface area (Å²) in [6.07, 6.45) is 0. The Kier molecular flexibility index (Phi) is 2.36. The Morgan fingerprint density at radius 3 is 2.93 bits per heavy atom. The molecule has 0 aliphatic rings. The van der Waals surface area contributed by atoms with Gasteiger partial charge in [0.25, 0.3) is 0 Å². The van der Waals surface area contributed by atoms with Gasteiger partial charge in [0, 0.05) is 12.4 Å². The molecule has 0 aliphatic carbocycles. The molecule has 1 aromatic carbocycles. The predicted molar refractivity (Wildman–Crippen MR) is 57.1 cm³/mol. The van der Waals surface area contributed by atoms with Crippen LogP contribution in [0.15, 0.2) is 18.2 Å². The summed E-state index contributed by atoms with van der Waals surface area (Å²) in [4.78, 5) is 11.3. The zero-order chi connectivity index (χ0) is 11.0. The quantitative estimate of drug-likeness (QED) is 0.696. The first kappa shape index (κ1) is 9.98. The average molecular weight is 225 g/mol. The number of carbonyl (C=O) groups is 1. The van der Waals surface area contributed by atoms with Crippen LogP contribution in [0.3, 0.4) is 0 Å². The molecule has 0 unspecified atom stereocenters. The summed E-state index contributed by atoms with van der Waals surface area (Å²) in [6.45, 7) is 0. The van der Waals surface area contributed by atoms with Crippen LogP contribution in [0.2, 0.25) is 5.15 Å². The molecule has 0 N–H and O–H groups in total. The Balaban J connectivity index is 2.64. The van der Waals surface area contributed by atoms with Crippen molar-refractivity contribution in [2.45, 2.75) is 0 Å². The maximum Gasteiger partial charge on any atom is 0.337 e. The van der Waals surface area contributed by atoms with Gasteiger partial charge in [-0.15, -0.1) is 0 Å². The number of hydrogen-bond acceptors (Lipinski definition) is 3. The second-order valence-electron chi connectivity index (χ2n) is 3.14. The van der Waals surface area contributed by atoms with Gasteiger partial charge in [-0.25, -0.2) is 4.79 Å². The summed E-state index contributed by atoms with van der Waals surface area (Å²) < 4.78 is 6.19. The van der Waals surface area contributed by atoms with Gasteiger partial charge in [-0.1, -0.05) is 11.6 Å². The zero-order valence-corrected chi connectivity index (χ0v) is 9.08. The Bertz CT molecular complexity index is 533. The van der Waals surface area contributed by atoms with Crippen molar-refractivity contribution in [1.82, 2.24) is 9.78 Å².